The first-order chi connectivity index (χ1) is 11.5. The first-order valence-corrected chi connectivity index (χ1v) is 9.26. The van der Waals surface area contributed by atoms with Gasteiger partial charge < -0.3 is 5.11 Å². The molecule has 24 heavy (non-hydrogen) atoms. The fourth-order valence-corrected chi connectivity index (χ4v) is 4.19. The van der Waals surface area contributed by atoms with E-state index in [4.69, 9.17) is 23.2 Å². The van der Waals surface area contributed by atoms with Crippen molar-refractivity contribution in [2.24, 2.45) is 0 Å². The summed E-state index contributed by atoms with van der Waals surface area (Å²) in [5.74, 6) is -0.896. The number of thiazole rings is 1. The van der Waals surface area contributed by atoms with E-state index in [1.807, 2.05) is 24.3 Å². The smallest absolute Gasteiger partial charge is 0.347 e. The number of hydrogen-bond donors (Lipinski definition) is 1. The molecule has 0 atom stereocenters. The molecule has 0 fully saturated rings. The van der Waals surface area contributed by atoms with Crippen molar-refractivity contribution in [3.63, 3.8) is 0 Å². The molecule has 4 nitrogen and oxygen atoms in total. The summed E-state index contributed by atoms with van der Waals surface area (Å²) in [7, 11) is 0. The largest absolute Gasteiger partial charge is 0.477 e. The van der Waals surface area contributed by atoms with Gasteiger partial charge >= 0.3 is 5.97 Å². The van der Waals surface area contributed by atoms with E-state index in [0.717, 1.165) is 35.5 Å². The summed E-state index contributed by atoms with van der Waals surface area (Å²) < 4.78 is 2.00. The molecule has 0 aliphatic carbocycles. The van der Waals surface area contributed by atoms with E-state index >= 15 is 0 Å². The van der Waals surface area contributed by atoms with Crippen LogP contribution in [0.4, 0.5) is 0 Å². The van der Waals surface area contributed by atoms with Gasteiger partial charge in [0.15, 0.2) is 4.96 Å². The number of benzene rings is 1. The molecule has 3 rings (SSSR count). The Hall–Kier alpha value is -1.56. The molecule has 0 radical (unpaired) electrons. The minimum atomic E-state index is -0.896. The zero-order valence-electron chi connectivity index (χ0n) is 13.3. The van der Waals surface area contributed by atoms with Crippen LogP contribution in [0.5, 0.6) is 0 Å². The summed E-state index contributed by atoms with van der Waals surface area (Å²) in [5, 5.41) is 10.4. The average Bonchev–Trinajstić information content (AvgIpc) is 3.07. The molecule has 0 saturated heterocycles. The van der Waals surface area contributed by atoms with Gasteiger partial charge in [0.05, 0.1) is 21.4 Å². The van der Waals surface area contributed by atoms with Crippen LogP contribution in [0.3, 0.4) is 0 Å². The Kier molecular flexibility index (Phi) is 4.85. The monoisotopic (exact) mass is 382 g/mol. The number of carboxylic acid groups (broad SMARTS) is 1. The number of halogens is 2. The highest BCUT2D eigenvalue weighted by atomic mass is 35.5. The van der Waals surface area contributed by atoms with Gasteiger partial charge in [0.1, 0.15) is 4.88 Å². The van der Waals surface area contributed by atoms with Crippen LogP contribution >= 0.6 is 34.5 Å². The molecule has 0 aliphatic rings. The molecule has 1 N–H and O–H groups in total. The summed E-state index contributed by atoms with van der Waals surface area (Å²) in [5.41, 5.74) is 3.53. The zero-order chi connectivity index (χ0) is 17.4. The van der Waals surface area contributed by atoms with Crippen LogP contribution in [0.15, 0.2) is 18.2 Å². The predicted molar refractivity (Wildman–Crippen MR) is 98.9 cm³/mol. The van der Waals surface area contributed by atoms with E-state index in [2.05, 4.69) is 4.98 Å². The van der Waals surface area contributed by atoms with Gasteiger partial charge in [-0.1, -0.05) is 60.9 Å². The van der Waals surface area contributed by atoms with Crippen LogP contribution in [-0.2, 0) is 12.8 Å². The highest BCUT2D eigenvalue weighted by Crippen LogP contribution is 2.34. The first-order valence-electron chi connectivity index (χ1n) is 7.69. The number of rotatable bonds is 5. The molecule has 0 aliphatic heterocycles. The third-order valence-electron chi connectivity index (χ3n) is 3.88. The molecule has 2 aromatic heterocycles. The highest BCUT2D eigenvalue weighted by Gasteiger charge is 2.23. The number of aromatic nitrogens is 2. The Balaban J connectivity index is 2.27. The van der Waals surface area contributed by atoms with Gasteiger partial charge in [0, 0.05) is 11.3 Å². The Morgan fingerprint density at radius 3 is 2.58 bits per heavy atom. The van der Waals surface area contributed by atoms with Crippen molar-refractivity contribution in [1.29, 1.82) is 0 Å². The zero-order valence-corrected chi connectivity index (χ0v) is 15.6. The van der Waals surface area contributed by atoms with Crippen molar-refractivity contribution in [1.82, 2.24) is 9.38 Å². The number of fused-ring (bicyclic) bond motifs is 1. The number of carboxylic acids is 1. The molecule has 126 valence electrons. The Labute approximate surface area is 153 Å². The minimum Gasteiger partial charge on any atom is -0.477 e. The molecule has 0 amide bonds. The lowest BCUT2D eigenvalue weighted by molar-refractivity contribution is 0.0700. The van der Waals surface area contributed by atoms with E-state index in [9.17, 15) is 9.90 Å². The molecule has 0 bridgehead atoms. The van der Waals surface area contributed by atoms with E-state index < -0.39 is 5.97 Å². The second-order valence-corrected chi connectivity index (χ2v) is 7.23. The number of aromatic carboxylic acids is 1. The average molecular weight is 383 g/mol. The van der Waals surface area contributed by atoms with Crippen LogP contribution in [0.2, 0.25) is 10.0 Å². The summed E-state index contributed by atoms with van der Waals surface area (Å²) in [6.07, 6.45) is 2.31. The van der Waals surface area contributed by atoms with E-state index in [1.165, 1.54) is 11.3 Å². The van der Waals surface area contributed by atoms with E-state index in [0.29, 0.717) is 26.3 Å². The first kappa shape index (κ1) is 17.3. The molecule has 0 saturated carbocycles. The molecule has 3 aromatic rings. The van der Waals surface area contributed by atoms with Gasteiger partial charge in [0.25, 0.3) is 0 Å². The van der Waals surface area contributed by atoms with Gasteiger partial charge in [-0.05, 0) is 25.0 Å². The van der Waals surface area contributed by atoms with Gasteiger partial charge in [-0.3, -0.25) is 4.40 Å². The summed E-state index contributed by atoms with van der Waals surface area (Å²) in [4.78, 5) is 17.3. The summed E-state index contributed by atoms with van der Waals surface area (Å²) in [6, 6.07) is 5.44. The lowest BCUT2D eigenvalue weighted by atomic mass is 10.1. The maximum atomic E-state index is 11.5. The molecule has 0 spiro atoms. The molecular formula is C17H16Cl2N2O2S. The van der Waals surface area contributed by atoms with Gasteiger partial charge in [0.2, 0.25) is 0 Å². The standard InChI is InChI=1S/C17H16Cl2N2O2S/c1-3-5-13-15(16(22)23)24-17-20-14(12(4-2)21(13)17)9-6-7-10(18)11(19)8-9/h6-8H,3-5H2,1-2H3,(H,22,23). The Morgan fingerprint density at radius 1 is 1.25 bits per heavy atom. The van der Waals surface area contributed by atoms with Crippen molar-refractivity contribution in [2.45, 2.75) is 33.1 Å². The molecular weight excluding hydrogens is 367 g/mol. The van der Waals surface area contributed by atoms with Crippen molar-refractivity contribution >= 4 is 45.5 Å². The fraction of sp³-hybridized carbons (Fsp3) is 0.294. The van der Waals surface area contributed by atoms with Gasteiger partial charge in [-0.15, -0.1) is 0 Å². The molecule has 0 unspecified atom stereocenters. The van der Waals surface area contributed by atoms with Crippen molar-refractivity contribution in [3.05, 3.63) is 44.5 Å². The number of carbonyl (C=O) groups is 1. The Morgan fingerprint density at radius 2 is 2.00 bits per heavy atom. The lowest BCUT2D eigenvalue weighted by Crippen LogP contribution is -2.04. The number of aryl methyl sites for hydroxylation is 2. The van der Waals surface area contributed by atoms with Gasteiger partial charge in [-0.25, -0.2) is 9.78 Å². The highest BCUT2D eigenvalue weighted by molar-refractivity contribution is 7.19. The third-order valence-corrected chi connectivity index (χ3v) is 5.69. The third kappa shape index (κ3) is 2.81. The van der Waals surface area contributed by atoms with Crippen LogP contribution in [0.1, 0.15) is 41.3 Å². The molecule has 1 aromatic carbocycles. The predicted octanol–water partition coefficient (Wildman–Crippen LogP) is 5.58. The number of hydrogen-bond acceptors (Lipinski definition) is 3. The Bertz CT molecular complexity index is 930. The normalized spacial score (nSPS) is 11.3. The van der Waals surface area contributed by atoms with Crippen LogP contribution in [-0.4, -0.2) is 20.5 Å². The SMILES string of the molecule is CCCc1c(C(=O)O)sc2nc(-c3ccc(Cl)c(Cl)c3)c(CC)n12. The second-order valence-electron chi connectivity index (χ2n) is 5.44. The number of nitrogens with zero attached hydrogens (tertiary/aromatic N) is 2. The molecule has 7 heteroatoms. The van der Waals surface area contributed by atoms with Crippen molar-refractivity contribution < 1.29 is 9.90 Å². The maximum absolute atomic E-state index is 11.5. The number of imidazole rings is 1. The summed E-state index contributed by atoms with van der Waals surface area (Å²) in [6.45, 7) is 4.08. The maximum Gasteiger partial charge on any atom is 0.347 e. The van der Waals surface area contributed by atoms with E-state index in [1.54, 1.807) is 12.1 Å². The van der Waals surface area contributed by atoms with Crippen molar-refractivity contribution in [2.75, 3.05) is 0 Å². The molecule has 2 heterocycles. The second kappa shape index (κ2) is 6.75. The van der Waals surface area contributed by atoms with Crippen LogP contribution < -0.4 is 0 Å². The minimum absolute atomic E-state index is 0.370. The van der Waals surface area contributed by atoms with Crippen molar-refractivity contribution in [3.8, 4) is 11.3 Å². The lowest BCUT2D eigenvalue weighted by Gasteiger charge is -2.06. The fourth-order valence-electron chi connectivity index (χ4n) is 2.86. The topological polar surface area (TPSA) is 54.6 Å². The van der Waals surface area contributed by atoms with Crippen LogP contribution in [0.25, 0.3) is 16.2 Å². The van der Waals surface area contributed by atoms with E-state index in [-0.39, 0.29) is 0 Å². The van der Waals surface area contributed by atoms with Gasteiger partial charge in [-0.2, -0.15) is 0 Å². The summed E-state index contributed by atoms with van der Waals surface area (Å²) >= 11 is 13.4. The van der Waals surface area contributed by atoms with Crippen LogP contribution in [0, 0.1) is 0 Å². The quantitative estimate of drug-likeness (QED) is 0.626.